The summed E-state index contributed by atoms with van der Waals surface area (Å²) in [6, 6.07) is 6.83. The van der Waals surface area contributed by atoms with Gasteiger partial charge < -0.3 is 9.47 Å². The predicted molar refractivity (Wildman–Crippen MR) is 143 cm³/mol. The highest BCUT2D eigenvalue weighted by molar-refractivity contribution is 5.36. The maximum atomic E-state index is 14.8. The summed E-state index contributed by atoms with van der Waals surface area (Å²) < 4.78 is 90.8. The van der Waals surface area contributed by atoms with Crippen LogP contribution in [0.5, 0.6) is 11.5 Å². The Labute approximate surface area is 232 Å². The van der Waals surface area contributed by atoms with Gasteiger partial charge in [-0.3, -0.25) is 0 Å². The van der Waals surface area contributed by atoms with E-state index in [4.69, 9.17) is 0 Å². The van der Waals surface area contributed by atoms with Crippen LogP contribution in [0.25, 0.3) is 0 Å². The second kappa shape index (κ2) is 13.8. The van der Waals surface area contributed by atoms with Crippen LogP contribution in [0, 0.1) is 29.4 Å². The minimum Gasteiger partial charge on any atom is -0.453 e. The molecule has 2 saturated carbocycles. The van der Waals surface area contributed by atoms with Crippen LogP contribution in [0.4, 0.5) is 26.3 Å². The van der Waals surface area contributed by atoms with E-state index in [-0.39, 0.29) is 6.26 Å². The van der Waals surface area contributed by atoms with Crippen molar-refractivity contribution >= 4 is 0 Å². The van der Waals surface area contributed by atoms with Gasteiger partial charge in [-0.25, -0.2) is 8.78 Å². The summed E-state index contributed by atoms with van der Waals surface area (Å²) in [5.41, 5.74) is 0.550. The summed E-state index contributed by atoms with van der Waals surface area (Å²) in [7, 11) is 0. The van der Waals surface area contributed by atoms with Crippen molar-refractivity contribution in [3.05, 3.63) is 71.5 Å². The molecule has 0 aliphatic heterocycles. The number of ether oxygens (including phenoxy) is 2. The van der Waals surface area contributed by atoms with Crippen molar-refractivity contribution < 1.29 is 35.8 Å². The van der Waals surface area contributed by atoms with Crippen LogP contribution in [0.2, 0.25) is 0 Å². The van der Waals surface area contributed by atoms with Crippen LogP contribution in [-0.2, 0) is 6.11 Å². The van der Waals surface area contributed by atoms with E-state index >= 15 is 0 Å². The molecule has 2 aromatic carbocycles. The minimum absolute atomic E-state index is 0.148. The van der Waals surface area contributed by atoms with Crippen molar-refractivity contribution in [2.75, 3.05) is 0 Å². The molecule has 0 amide bonds. The molecule has 0 saturated heterocycles. The fraction of sp³-hybridized carbons (Fsp3) is 0.562. The number of alkyl halides is 2. The highest BCUT2D eigenvalue weighted by atomic mass is 19.3. The number of unbranched alkanes of at least 4 members (excludes halogenated alkanes) is 2. The summed E-state index contributed by atoms with van der Waals surface area (Å²) in [6.45, 7) is 2.25. The second-order valence-corrected chi connectivity index (χ2v) is 11.4. The Balaban J connectivity index is 1.29. The zero-order valence-corrected chi connectivity index (χ0v) is 22.9. The Morgan fingerprint density at radius 3 is 1.98 bits per heavy atom. The van der Waals surface area contributed by atoms with E-state index < -0.39 is 40.9 Å². The summed E-state index contributed by atoms with van der Waals surface area (Å²) >= 11 is 0. The summed E-state index contributed by atoms with van der Waals surface area (Å²) in [5, 5.41) is 0. The molecule has 0 spiro atoms. The molecule has 0 aromatic heterocycles. The van der Waals surface area contributed by atoms with Crippen LogP contribution in [0.1, 0.15) is 101 Å². The number of benzene rings is 2. The summed E-state index contributed by atoms with van der Waals surface area (Å²) in [4.78, 5) is 0. The highest BCUT2D eigenvalue weighted by Gasteiger charge is 2.36. The zero-order valence-electron chi connectivity index (χ0n) is 22.9. The smallest absolute Gasteiger partial charge is 0.426 e. The SMILES string of the molecule is CCCCCC1CCC(C2CCC(c3ccc(C(F)(F)Oc4cc(F)c(OC=C(F)F)c(F)c4)cc3)CC2)CC1. The summed E-state index contributed by atoms with van der Waals surface area (Å²) in [5.74, 6) is -2.03. The van der Waals surface area contributed by atoms with E-state index in [0.717, 1.165) is 36.2 Å². The van der Waals surface area contributed by atoms with Gasteiger partial charge in [-0.1, -0.05) is 57.6 Å². The first-order valence-electron chi connectivity index (χ1n) is 14.5. The van der Waals surface area contributed by atoms with Gasteiger partial charge in [-0.05, 0) is 79.9 Å². The van der Waals surface area contributed by atoms with Crippen molar-refractivity contribution in [1.82, 2.24) is 0 Å². The minimum atomic E-state index is -3.86. The molecule has 0 bridgehead atoms. The van der Waals surface area contributed by atoms with Gasteiger partial charge in [0.1, 0.15) is 5.75 Å². The number of rotatable bonds is 11. The van der Waals surface area contributed by atoms with Crippen LogP contribution in [0.15, 0.2) is 48.7 Å². The Kier molecular flexibility index (Phi) is 10.5. The van der Waals surface area contributed by atoms with Gasteiger partial charge >= 0.3 is 12.2 Å². The van der Waals surface area contributed by atoms with Crippen LogP contribution in [0.3, 0.4) is 0 Å². The van der Waals surface area contributed by atoms with E-state index in [1.807, 2.05) is 0 Å². The first kappa shape index (κ1) is 30.3. The van der Waals surface area contributed by atoms with Crippen LogP contribution >= 0.6 is 0 Å². The quantitative estimate of drug-likeness (QED) is 0.152. The van der Waals surface area contributed by atoms with E-state index in [1.54, 1.807) is 12.1 Å². The molecule has 220 valence electrons. The van der Waals surface area contributed by atoms with Crippen molar-refractivity contribution in [3.8, 4) is 11.5 Å². The fourth-order valence-corrected chi connectivity index (χ4v) is 6.52. The molecule has 2 nitrogen and oxygen atoms in total. The maximum absolute atomic E-state index is 14.8. The molecule has 2 aliphatic rings. The maximum Gasteiger partial charge on any atom is 0.426 e. The molecule has 4 rings (SSSR count). The first-order valence-corrected chi connectivity index (χ1v) is 14.5. The number of hydrogen-bond acceptors (Lipinski definition) is 2. The fourth-order valence-electron chi connectivity index (χ4n) is 6.52. The van der Waals surface area contributed by atoms with E-state index in [0.29, 0.717) is 18.1 Å². The van der Waals surface area contributed by atoms with Crippen LogP contribution in [-0.4, -0.2) is 0 Å². The molecule has 8 heteroatoms. The normalized spacial score (nSPS) is 23.5. The van der Waals surface area contributed by atoms with Crippen molar-refractivity contribution in [2.45, 2.75) is 96.0 Å². The van der Waals surface area contributed by atoms with Gasteiger partial charge in [0.05, 0.1) is 5.56 Å². The molecule has 0 atom stereocenters. The molecule has 40 heavy (non-hydrogen) atoms. The van der Waals surface area contributed by atoms with Crippen molar-refractivity contribution in [3.63, 3.8) is 0 Å². The summed E-state index contributed by atoms with van der Waals surface area (Å²) in [6.07, 6.45) is 8.86. The molecule has 0 radical (unpaired) electrons. The average Bonchev–Trinajstić information content (AvgIpc) is 2.93. The van der Waals surface area contributed by atoms with E-state index in [9.17, 15) is 26.3 Å². The molecule has 0 heterocycles. The molecule has 2 aromatic rings. The standard InChI is InChI=1S/C32H38F6O2/c1-2-3-4-5-21-6-8-22(9-7-21)23-10-12-24(13-11-23)25-14-16-26(17-15-25)32(37,38)40-27-18-28(33)31(29(34)19-27)39-20-30(35)36/h14-24H,2-13H2,1H3. The third-order valence-electron chi connectivity index (χ3n) is 8.75. The Bertz CT molecular complexity index is 1090. The lowest BCUT2D eigenvalue weighted by Gasteiger charge is -2.38. The van der Waals surface area contributed by atoms with Gasteiger partial charge in [-0.15, -0.1) is 0 Å². The number of hydrogen-bond donors (Lipinski definition) is 0. The van der Waals surface area contributed by atoms with Gasteiger partial charge in [0.2, 0.25) is 0 Å². The van der Waals surface area contributed by atoms with Crippen molar-refractivity contribution in [1.29, 1.82) is 0 Å². The average molecular weight is 569 g/mol. The molecule has 0 N–H and O–H groups in total. The zero-order chi connectivity index (χ0) is 28.7. The highest BCUT2D eigenvalue weighted by Crippen LogP contribution is 2.45. The molecule has 2 fully saturated rings. The Morgan fingerprint density at radius 2 is 1.43 bits per heavy atom. The predicted octanol–water partition coefficient (Wildman–Crippen LogP) is 10.9. The third kappa shape index (κ3) is 7.97. The van der Waals surface area contributed by atoms with Gasteiger partial charge in [0.25, 0.3) is 0 Å². The molecular weight excluding hydrogens is 530 g/mol. The topological polar surface area (TPSA) is 18.5 Å². The van der Waals surface area contributed by atoms with Gasteiger partial charge in [0.15, 0.2) is 23.6 Å². The first-order chi connectivity index (χ1) is 19.2. The largest absolute Gasteiger partial charge is 0.453 e. The van der Waals surface area contributed by atoms with Crippen LogP contribution < -0.4 is 9.47 Å². The molecular formula is C32H38F6O2. The number of halogens is 6. The van der Waals surface area contributed by atoms with E-state index in [2.05, 4.69) is 16.4 Å². The second-order valence-electron chi connectivity index (χ2n) is 11.4. The Hall–Kier alpha value is -2.64. The lowest BCUT2D eigenvalue weighted by Crippen LogP contribution is -2.25. The Morgan fingerprint density at radius 1 is 0.850 bits per heavy atom. The van der Waals surface area contributed by atoms with Gasteiger partial charge in [0, 0.05) is 12.1 Å². The molecule has 2 aliphatic carbocycles. The molecule has 0 unspecified atom stereocenters. The van der Waals surface area contributed by atoms with E-state index in [1.165, 1.54) is 76.3 Å². The monoisotopic (exact) mass is 568 g/mol. The van der Waals surface area contributed by atoms with Crippen molar-refractivity contribution in [2.24, 2.45) is 17.8 Å². The van der Waals surface area contributed by atoms with Gasteiger partial charge in [-0.2, -0.15) is 17.6 Å². The lowest BCUT2D eigenvalue weighted by atomic mass is 9.68. The lowest BCUT2D eigenvalue weighted by molar-refractivity contribution is -0.185. The third-order valence-corrected chi connectivity index (χ3v) is 8.75.